The van der Waals surface area contributed by atoms with Crippen molar-refractivity contribution in [3.63, 3.8) is 0 Å². The van der Waals surface area contributed by atoms with Crippen LogP contribution in [0.4, 0.5) is 0 Å². The average molecular weight is 192 g/mol. The molecule has 0 amide bonds. The van der Waals surface area contributed by atoms with Gasteiger partial charge in [0.25, 0.3) is 0 Å². The van der Waals surface area contributed by atoms with Gasteiger partial charge in [-0.25, -0.2) is 0 Å². The van der Waals surface area contributed by atoms with Gasteiger partial charge in [0, 0.05) is 23.9 Å². The highest BCUT2D eigenvalue weighted by Crippen LogP contribution is 2.19. The Morgan fingerprint density at radius 3 is 2.50 bits per heavy atom. The summed E-state index contributed by atoms with van der Waals surface area (Å²) in [5.41, 5.74) is 7.21. The van der Waals surface area contributed by atoms with E-state index >= 15 is 0 Å². The quantitative estimate of drug-likeness (QED) is 0.796. The highest BCUT2D eigenvalue weighted by atomic mass is 14.7. The topological polar surface area (TPSA) is 38.9 Å². The van der Waals surface area contributed by atoms with Crippen molar-refractivity contribution < 1.29 is 0 Å². The third-order valence-electron chi connectivity index (χ3n) is 2.54. The fourth-order valence-corrected chi connectivity index (χ4v) is 1.61. The smallest absolute Gasteiger partial charge is 0.0447 e. The van der Waals surface area contributed by atoms with Crippen LogP contribution in [-0.4, -0.2) is 11.0 Å². The maximum absolute atomic E-state index is 6.11. The van der Waals surface area contributed by atoms with E-state index in [0.29, 0.717) is 11.8 Å². The molecule has 1 aromatic rings. The fourth-order valence-electron chi connectivity index (χ4n) is 1.61. The Hall–Kier alpha value is -0.890. The van der Waals surface area contributed by atoms with Gasteiger partial charge in [-0.15, -0.1) is 0 Å². The van der Waals surface area contributed by atoms with E-state index in [1.165, 1.54) is 0 Å². The second kappa shape index (κ2) is 5.11. The summed E-state index contributed by atoms with van der Waals surface area (Å²) in [6.07, 6.45) is 2.88. The van der Waals surface area contributed by atoms with Crippen molar-refractivity contribution in [1.82, 2.24) is 4.98 Å². The summed E-state index contributed by atoms with van der Waals surface area (Å²) in [6.45, 7) is 6.55. The molecule has 0 aromatic carbocycles. The molecule has 0 fully saturated rings. The summed E-state index contributed by atoms with van der Waals surface area (Å²) in [7, 11) is 0. The zero-order valence-corrected chi connectivity index (χ0v) is 9.27. The Bertz CT molecular complexity index is 256. The molecule has 0 saturated carbocycles. The van der Waals surface area contributed by atoms with Crippen LogP contribution in [0.2, 0.25) is 0 Å². The minimum atomic E-state index is 0.213. The minimum Gasteiger partial charge on any atom is -0.327 e. The number of rotatable bonds is 4. The molecule has 0 aliphatic rings. The molecule has 78 valence electrons. The second-order valence-corrected chi connectivity index (χ2v) is 4.34. The first-order valence-electron chi connectivity index (χ1n) is 5.27. The molecule has 0 bridgehead atoms. The average Bonchev–Trinajstić information content (AvgIpc) is 2.17. The van der Waals surface area contributed by atoms with E-state index in [-0.39, 0.29) is 6.04 Å². The molecular weight excluding hydrogens is 172 g/mol. The van der Waals surface area contributed by atoms with E-state index in [0.717, 1.165) is 12.1 Å². The van der Waals surface area contributed by atoms with Crippen LogP contribution in [0.5, 0.6) is 0 Å². The lowest BCUT2D eigenvalue weighted by atomic mass is 9.91. The van der Waals surface area contributed by atoms with Gasteiger partial charge in [0.15, 0.2) is 0 Å². The molecule has 1 heterocycles. The maximum Gasteiger partial charge on any atom is 0.0447 e. The van der Waals surface area contributed by atoms with Gasteiger partial charge < -0.3 is 5.73 Å². The van der Waals surface area contributed by atoms with Crippen LogP contribution in [0.1, 0.15) is 38.8 Å². The highest BCUT2D eigenvalue weighted by molar-refractivity contribution is 5.10. The first-order valence-corrected chi connectivity index (χ1v) is 5.27. The van der Waals surface area contributed by atoms with Gasteiger partial charge in [-0.2, -0.15) is 0 Å². The van der Waals surface area contributed by atoms with Crippen molar-refractivity contribution in [2.75, 3.05) is 0 Å². The zero-order valence-electron chi connectivity index (χ0n) is 9.27. The molecular formula is C12H20N2. The highest BCUT2D eigenvalue weighted by Gasteiger charge is 2.16. The van der Waals surface area contributed by atoms with E-state index in [1.807, 2.05) is 24.4 Å². The minimum absolute atomic E-state index is 0.213. The summed E-state index contributed by atoms with van der Waals surface area (Å²) >= 11 is 0. The van der Waals surface area contributed by atoms with Gasteiger partial charge >= 0.3 is 0 Å². The molecule has 0 aliphatic heterocycles. The van der Waals surface area contributed by atoms with Gasteiger partial charge in [0.05, 0.1) is 0 Å². The van der Waals surface area contributed by atoms with E-state index in [2.05, 4.69) is 25.8 Å². The molecule has 2 N–H and O–H groups in total. The zero-order chi connectivity index (χ0) is 10.6. The number of nitrogens with two attached hydrogens (primary N) is 1. The standard InChI is InChI=1S/C12H20N2/c1-9(2)8-11(13)10(3)12-6-4-5-7-14-12/h4-7,9-11H,8,13H2,1-3H3. The summed E-state index contributed by atoms with van der Waals surface area (Å²) < 4.78 is 0. The Balaban J connectivity index is 2.61. The van der Waals surface area contributed by atoms with Crippen molar-refractivity contribution in [3.8, 4) is 0 Å². The number of aromatic nitrogens is 1. The van der Waals surface area contributed by atoms with Crippen LogP contribution in [0.3, 0.4) is 0 Å². The molecule has 14 heavy (non-hydrogen) atoms. The van der Waals surface area contributed by atoms with E-state index in [4.69, 9.17) is 5.73 Å². The molecule has 2 heteroatoms. The lowest BCUT2D eigenvalue weighted by molar-refractivity contribution is 0.444. The Morgan fingerprint density at radius 2 is 2.00 bits per heavy atom. The molecule has 0 spiro atoms. The van der Waals surface area contributed by atoms with Crippen molar-refractivity contribution in [2.45, 2.75) is 39.2 Å². The molecule has 2 unspecified atom stereocenters. The lowest BCUT2D eigenvalue weighted by Crippen LogP contribution is -2.28. The predicted octanol–water partition coefficient (Wildman–Crippen LogP) is 2.56. The Kier molecular flexibility index (Phi) is 4.08. The number of hydrogen-bond donors (Lipinski definition) is 1. The van der Waals surface area contributed by atoms with E-state index in [9.17, 15) is 0 Å². The molecule has 0 saturated heterocycles. The second-order valence-electron chi connectivity index (χ2n) is 4.34. The van der Waals surface area contributed by atoms with Gasteiger partial charge in [-0.3, -0.25) is 4.98 Å². The van der Waals surface area contributed by atoms with Gasteiger partial charge in [-0.1, -0.05) is 26.8 Å². The first-order chi connectivity index (χ1) is 6.61. The van der Waals surface area contributed by atoms with E-state index in [1.54, 1.807) is 0 Å². The van der Waals surface area contributed by atoms with Crippen LogP contribution in [0, 0.1) is 5.92 Å². The lowest BCUT2D eigenvalue weighted by Gasteiger charge is -2.20. The monoisotopic (exact) mass is 192 g/mol. The number of nitrogens with zero attached hydrogens (tertiary/aromatic N) is 1. The van der Waals surface area contributed by atoms with Crippen molar-refractivity contribution in [2.24, 2.45) is 11.7 Å². The van der Waals surface area contributed by atoms with Crippen molar-refractivity contribution in [1.29, 1.82) is 0 Å². The molecule has 0 aliphatic carbocycles. The molecule has 1 rings (SSSR count). The van der Waals surface area contributed by atoms with Gasteiger partial charge in [-0.05, 0) is 24.5 Å². The summed E-state index contributed by atoms with van der Waals surface area (Å²) in [5, 5.41) is 0. The normalized spacial score (nSPS) is 15.5. The molecule has 2 atom stereocenters. The van der Waals surface area contributed by atoms with Crippen molar-refractivity contribution >= 4 is 0 Å². The molecule has 2 nitrogen and oxygen atoms in total. The van der Waals surface area contributed by atoms with Gasteiger partial charge in [0.2, 0.25) is 0 Å². The fraction of sp³-hybridized carbons (Fsp3) is 0.583. The predicted molar refractivity (Wildman–Crippen MR) is 60.1 cm³/mol. The third-order valence-corrected chi connectivity index (χ3v) is 2.54. The van der Waals surface area contributed by atoms with Crippen LogP contribution in [-0.2, 0) is 0 Å². The summed E-state index contributed by atoms with van der Waals surface area (Å²) in [6, 6.07) is 6.21. The third kappa shape index (κ3) is 3.11. The van der Waals surface area contributed by atoms with Crippen LogP contribution in [0.25, 0.3) is 0 Å². The molecule has 0 radical (unpaired) electrons. The summed E-state index contributed by atoms with van der Waals surface area (Å²) in [5.74, 6) is 0.995. The Morgan fingerprint density at radius 1 is 1.29 bits per heavy atom. The van der Waals surface area contributed by atoms with Crippen LogP contribution in [0.15, 0.2) is 24.4 Å². The van der Waals surface area contributed by atoms with Crippen molar-refractivity contribution in [3.05, 3.63) is 30.1 Å². The van der Waals surface area contributed by atoms with Crippen LogP contribution >= 0.6 is 0 Å². The Labute approximate surface area is 86.5 Å². The van der Waals surface area contributed by atoms with E-state index < -0.39 is 0 Å². The SMILES string of the molecule is CC(C)CC(N)C(C)c1ccccn1. The number of pyridine rings is 1. The number of hydrogen-bond acceptors (Lipinski definition) is 2. The van der Waals surface area contributed by atoms with Gasteiger partial charge in [0.1, 0.15) is 0 Å². The largest absolute Gasteiger partial charge is 0.327 e. The molecule has 1 aromatic heterocycles. The maximum atomic E-state index is 6.11. The first kappa shape index (κ1) is 11.2. The van der Waals surface area contributed by atoms with Crippen LogP contribution < -0.4 is 5.73 Å². The summed E-state index contributed by atoms with van der Waals surface area (Å²) in [4.78, 5) is 4.33.